The molecule has 0 bridgehead atoms. The Bertz CT molecular complexity index is 642. The van der Waals surface area contributed by atoms with Crippen LogP contribution in [-0.4, -0.2) is 12.6 Å². The number of hydrogen-bond donors (Lipinski definition) is 1. The molecule has 0 aliphatic heterocycles. The van der Waals surface area contributed by atoms with Crippen molar-refractivity contribution in [2.45, 2.75) is 39.0 Å². The smallest absolute Gasteiger partial charge is 0.161 e. The number of halogens is 2. The number of hydrogen-bond acceptors (Lipinski definition) is 3. The van der Waals surface area contributed by atoms with Gasteiger partial charge in [-0.05, 0) is 55.2 Å². The van der Waals surface area contributed by atoms with Gasteiger partial charge in [-0.1, -0.05) is 29.8 Å². The monoisotopic (exact) mass is 366 g/mol. The summed E-state index contributed by atoms with van der Waals surface area (Å²) < 4.78 is 11.7. The van der Waals surface area contributed by atoms with Gasteiger partial charge in [0, 0.05) is 17.6 Å². The van der Waals surface area contributed by atoms with E-state index in [1.807, 2.05) is 37.3 Å². The normalized spacial score (nSPS) is 13.2. The van der Waals surface area contributed by atoms with Crippen molar-refractivity contribution in [1.29, 1.82) is 0 Å². The Labute approximate surface area is 154 Å². The van der Waals surface area contributed by atoms with Crippen molar-refractivity contribution in [3.8, 4) is 11.5 Å². The van der Waals surface area contributed by atoms with Crippen molar-refractivity contribution in [2.24, 2.45) is 0 Å². The van der Waals surface area contributed by atoms with Crippen LogP contribution in [0.15, 0.2) is 42.5 Å². The van der Waals surface area contributed by atoms with Gasteiger partial charge in [-0.15, -0.1) is 0 Å². The minimum atomic E-state index is 0. The third-order valence-electron chi connectivity index (χ3n) is 3.79. The van der Waals surface area contributed by atoms with Gasteiger partial charge < -0.3 is 27.2 Å². The molecule has 0 unspecified atom stereocenters. The van der Waals surface area contributed by atoms with Gasteiger partial charge in [-0.3, -0.25) is 0 Å². The Kier molecular flexibility index (Phi) is 7.22. The van der Waals surface area contributed by atoms with Crippen molar-refractivity contribution in [1.82, 2.24) is 5.32 Å². The van der Waals surface area contributed by atoms with E-state index in [1.54, 1.807) is 0 Å². The van der Waals surface area contributed by atoms with E-state index in [9.17, 15) is 0 Å². The van der Waals surface area contributed by atoms with Crippen LogP contribution in [0.5, 0.6) is 11.5 Å². The lowest BCUT2D eigenvalue weighted by Gasteiger charge is -2.14. The van der Waals surface area contributed by atoms with E-state index in [2.05, 4.69) is 17.4 Å². The van der Waals surface area contributed by atoms with Crippen LogP contribution in [0, 0.1) is 0 Å². The van der Waals surface area contributed by atoms with Crippen molar-refractivity contribution >= 4 is 11.6 Å². The second-order valence-electron chi connectivity index (χ2n) is 5.78. The fourth-order valence-corrected chi connectivity index (χ4v) is 2.47. The minimum Gasteiger partial charge on any atom is -1.00 e. The SMILES string of the molecule is CCOc1cc(CNC2CC2)ccc1OCc1ccc(Cl)cc1.[Cl-]. The zero-order chi connectivity index (χ0) is 16.1. The third-order valence-corrected chi connectivity index (χ3v) is 4.04. The summed E-state index contributed by atoms with van der Waals surface area (Å²) in [7, 11) is 0. The summed E-state index contributed by atoms with van der Waals surface area (Å²) in [5.74, 6) is 1.58. The maximum absolute atomic E-state index is 5.92. The summed E-state index contributed by atoms with van der Waals surface area (Å²) in [6, 6.07) is 14.5. The van der Waals surface area contributed by atoms with Gasteiger partial charge in [0.1, 0.15) is 6.61 Å². The first-order valence-corrected chi connectivity index (χ1v) is 8.48. The Morgan fingerprint density at radius 3 is 2.38 bits per heavy atom. The molecule has 1 aliphatic carbocycles. The topological polar surface area (TPSA) is 30.5 Å². The Hall–Kier alpha value is -1.42. The van der Waals surface area contributed by atoms with Crippen molar-refractivity contribution in [3.05, 3.63) is 58.6 Å². The largest absolute Gasteiger partial charge is 1.00 e. The van der Waals surface area contributed by atoms with Gasteiger partial charge in [-0.25, -0.2) is 0 Å². The van der Waals surface area contributed by atoms with Crippen molar-refractivity contribution in [2.75, 3.05) is 6.61 Å². The third kappa shape index (κ3) is 5.59. The van der Waals surface area contributed by atoms with Gasteiger partial charge in [0.2, 0.25) is 0 Å². The zero-order valence-electron chi connectivity index (χ0n) is 13.7. The van der Waals surface area contributed by atoms with Crippen molar-refractivity contribution in [3.63, 3.8) is 0 Å². The number of rotatable bonds is 8. The van der Waals surface area contributed by atoms with Gasteiger partial charge in [0.15, 0.2) is 11.5 Å². The summed E-state index contributed by atoms with van der Waals surface area (Å²) in [4.78, 5) is 0. The summed E-state index contributed by atoms with van der Waals surface area (Å²) in [6.45, 7) is 3.98. The molecule has 0 heterocycles. The molecule has 5 heteroatoms. The fraction of sp³-hybridized carbons (Fsp3) is 0.368. The standard InChI is InChI=1S/C19H22ClNO2.ClH/c1-2-22-19-11-15(12-21-17-8-9-17)5-10-18(19)23-13-14-3-6-16(20)7-4-14;/h3-7,10-11,17,21H,2,8-9,12-13H2,1H3;1H/p-1. The van der Waals surface area contributed by atoms with Gasteiger partial charge in [0.25, 0.3) is 0 Å². The molecule has 3 nitrogen and oxygen atoms in total. The second kappa shape index (κ2) is 9.16. The van der Waals surface area contributed by atoms with Crippen LogP contribution in [0.3, 0.4) is 0 Å². The van der Waals surface area contributed by atoms with Crippen LogP contribution in [0.4, 0.5) is 0 Å². The number of nitrogens with one attached hydrogen (secondary N) is 1. The number of ether oxygens (including phenoxy) is 2. The van der Waals surface area contributed by atoms with Crippen LogP contribution < -0.4 is 27.2 Å². The zero-order valence-corrected chi connectivity index (χ0v) is 15.2. The predicted octanol–water partition coefficient (Wildman–Crippen LogP) is 1.57. The van der Waals surface area contributed by atoms with E-state index < -0.39 is 0 Å². The highest BCUT2D eigenvalue weighted by molar-refractivity contribution is 6.30. The van der Waals surface area contributed by atoms with E-state index in [1.165, 1.54) is 18.4 Å². The van der Waals surface area contributed by atoms with Crippen LogP contribution in [0.1, 0.15) is 30.9 Å². The molecule has 0 saturated heterocycles. The lowest BCUT2D eigenvalue weighted by molar-refractivity contribution is -0.00000542. The van der Waals surface area contributed by atoms with E-state index in [4.69, 9.17) is 21.1 Å². The molecule has 2 aromatic carbocycles. The molecule has 0 atom stereocenters. The average molecular weight is 367 g/mol. The minimum absolute atomic E-state index is 0. The second-order valence-corrected chi connectivity index (χ2v) is 6.22. The molecule has 3 rings (SSSR count). The molecule has 0 radical (unpaired) electrons. The van der Waals surface area contributed by atoms with E-state index in [-0.39, 0.29) is 12.4 Å². The quantitative estimate of drug-likeness (QED) is 0.769. The van der Waals surface area contributed by atoms with Gasteiger partial charge in [-0.2, -0.15) is 0 Å². The molecular formula is C19H22Cl2NO2-. The van der Waals surface area contributed by atoms with Crippen molar-refractivity contribution < 1.29 is 21.9 Å². The maximum atomic E-state index is 5.92. The van der Waals surface area contributed by atoms with Crippen LogP contribution >= 0.6 is 11.6 Å². The van der Waals surface area contributed by atoms with Crippen LogP contribution in [-0.2, 0) is 13.2 Å². The van der Waals surface area contributed by atoms with E-state index >= 15 is 0 Å². The lowest BCUT2D eigenvalue weighted by atomic mass is 10.2. The Morgan fingerprint density at radius 1 is 1.00 bits per heavy atom. The van der Waals surface area contributed by atoms with E-state index in [0.29, 0.717) is 19.3 Å². The first kappa shape index (κ1) is 18.9. The first-order valence-electron chi connectivity index (χ1n) is 8.11. The summed E-state index contributed by atoms with van der Waals surface area (Å²) in [6.07, 6.45) is 2.58. The molecule has 24 heavy (non-hydrogen) atoms. The highest BCUT2D eigenvalue weighted by atomic mass is 35.5. The lowest BCUT2D eigenvalue weighted by Crippen LogP contribution is -3.00. The highest BCUT2D eigenvalue weighted by Crippen LogP contribution is 2.30. The fourth-order valence-electron chi connectivity index (χ4n) is 2.34. The van der Waals surface area contributed by atoms with Crippen LogP contribution in [0.2, 0.25) is 5.02 Å². The Morgan fingerprint density at radius 2 is 1.71 bits per heavy atom. The van der Waals surface area contributed by atoms with Crippen LogP contribution in [0.25, 0.3) is 0 Å². The number of benzene rings is 2. The molecule has 1 saturated carbocycles. The molecule has 1 fully saturated rings. The van der Waals surface area contributed by atoms with E-state index in [0.717, 1.165) is 28.6 Å². The summed E-state index contributed by atoms with van der Waals surface area (Å²) >= 11 is 5.90. The Balaban J connectivity index is 0.00000208. The molecule has 0 amide bonds. The molecule has 130 valence electrons. The molecule has 1 N–H and O–H groups in total. The molecule has 0 spiro atoms. The summed E-state index contributed by atoms with van der Waals surface area (Å²) in [5, 5.41) is 4.25. The van der Waals surface area contributed by atoms with Gasteiger partial charge >= 0.3 is 0 Å². The molecule has 0 aromatic heterocycles. The molecule has 1 aliphatic rings. The molecular weight excluding hydrogens is 345 g/mol. The maximum Gasteiger partial charge on any atom is 0.161 e. The highest BCUT2D eigenvalue weighted by Gasteiger charge is 2.20. The van der Waals surface area contributed by atoms with Gasteiger partial charge in [0.05, 0.1) is 6.61 Å². The molecule has 2 aromatic rings. The first-order chi connectivity index (χ1) is 11.2. The predicted molar refractivity (Wildman–Crippen MR) is 93.3 cm³/mol. The average Bonchev–Trinajstić information content (AvgIpc) is 3.38. The summed E-state index contributed by atoms with van der Waals surface area (Å²) in [5.41, 5.74) is 2.30.